The van der Waals surface area contributed by atoms with E-state index in [1.165, 1.54) is 25.7 Å². The summed E-state index contributed by atoms with van der Waals surface area (Å²) in [7, 11) is 0. The molecule has 160 valence electrons. The van der Waals surface area contributed by atoms with Gasteiger partial charge in [0.2, 0.25) is 17.7 Å². The number of benzene rings is 1. The molecule has 2 rings (SSSR count). The van der Waals surface area contributed by atoms with Crippen molar-refractivity contribution in [2.24, 2.45) is 0 Å². The van der Waals surface area contributed by atoms with E-state index in [9.17, 15) is 14.4 Å². The second-order valence-electron chi connectivity index (χ2n) is 7.88. The predicted molar refractivity (Wildman–Crippen MR) is 116 cm³/mol. The SMILES string of the molecule is CCCCCCCCCC(=O)N1CCNC(=O)[C@@H]1CC(=O)Nc1ccc(C)cc1. The molecule has 0 bridgehead atoms. The fraction of sp³-hybridized carbons (Fsp3) is 0.609. The molecule has 1 aliphatic rings. The average Bonchev–Trinajstić information content (AvgIpc) is 2.70. The summed E-state index contributed by atoms with van der Waals surface area (Å²) < 4.78 is 0. The zero-order valence-electron chi connectivity index (χ0n) is 17.8. The number of piperazine rings is 1. The molecule has 0 aromatic heterocycles. The number of carbonyl (C=O) groups is 3. The number of unbranched alkanes of at least 4 members (excludes halogenated alkanes) is 6. The smallest absolute Gasteiger partial charge is 0.243 e. The molecule has 0 saturated carbocycles. The molecule has 1 saturated heterocycles. The third-order valence-corrected chi connectivity index (χ3v) is 5.36. The van der Waals surface area contributed by atoms with Crippen LogP contribution in [-0.4, -0.2) is 41.8 Å². The lowest BCUT2D eigenvalue weighted by Gasteiger charge is -2.34. The van der Waals surface area contributed by atoms with Gasteiger partial charge in [-0.15, -0.1) is 0 Å². The van der Waals surface area contributed by atoms with Gasteiger partial charge in [0.05, 0.1) is 6.42 Å². The van der Waals surface area contributed by atoms with Gasteiger partial charge in [0.15, 0.2) is 0 Å². The van der Waals surface area contributed by atoms with Crippen molar-refractivity contribution >= 4 is 23.4 Å². The van der Waals surface area contributed by atoms with E-state index in [1.807, 2.05) is 31.2 Å². The Morgan fingerprint density at radius 1 is 1.07 bits per heavy atom. The van der Waals surface area contributed by atoms with Gasteiger partial charge in [0.1, 0.15) is 6.04 Å². The van der Waals surface area contributed by atoms with Gasteiger partial charge in [0.25, 0.3) is 0 Å². The third-order valence-electron chi connectivity index (χ3n) is 5.36. The minimum atomic E-state index is -0.730. The summed E-state index contributed by atoms with van der Waals surface area (Å²) in [5, 5.41) is 5.59. The number of anilines is 1. The van der Waals surface area contributed by atoms with Gasteiger partial charge in [-0.05, 0) is 25.5 Å². The monoisotopic (exact) mass is 401 g/mol. The van der Waals surface area contributed by atoms with Crippen molar-refractivity contribution in [2.75, 3.05) is 18.4 Å². The Kier molecular flexibility index (Phi) is 9.68. The Morgan fingerprint density at radius 2 is 1.72 bits per heavy atom. The average molecular weight is 402 g/mol. The van der Waals surface area contributed by atoms with Crippen molar-refractivity contribution in [3.8, 4) is 0 Å². The topological polar surface area (TPSA) is 78.5 Å². The first kappa shape index (κ1) is 22.9. The van der Waals surface area contributed by atoms with Crippen molar-refractivity contribution in [2.45, 2.75) is 77.7 Å². The van der Waals surface area contributed by atoms with Crippen molar-refractivity contribution in [3.05, 3.63) is 29.8 Å². The molecule has 1 heterocycles. The first-order valence-corrected chi connectivity index (χ1v) is 10.9. The van der Waals surface area contributed by atoms with Gasteiger partial charge in [-0.25, -0.2) is 0 Å². The molecule has 1 aromatic carbocycles. The molecule has 29 heavy (non-hydrogen) atoms. The summed E-state index contributed by atoms with van der Waals surface area (Å²) in [5.41, 5.74) is 1.80. The Labute approximate surface area is 174 Å². The van der Waals surface area contributed by atoms with Crippen LogP contribution in [0.2, 0.25) is 0 Å². The second-order valence-corrected chi connectivity index (χ2v) is 7.88. The lowest BCUT2D eigenvalue weighted by Crippen LogP contribution is -2.58. The van der Waals surface area contributed by atoms with Crippen LogP contribution in [-0.2, 0) is 14.4 Å². The Bertz CT molecular complexity index is 672. The number of rotatable bonds is 11. The van der Waals surface area contributed by atoms with Crippen LogP contribution in [0, 0.1) is 6.92 Å². The van der Waals surface area contributed by atoms with Gasteiger partial charge in [-0.1, -0.05) is 63.1 Å². The summed E-state index contributed by atoms with van der Waals surface area (Å²) in [6.45, 7) is 5.08. The molecule has 3 amide bonds. The second kappa shape index (κ2) is 12.2. The van der Waals surface area contributed by atoms with Crippen LogP contribution >= 0.6 is 0 Å². The number of amides is 3. The fourth-order valence-corrected chi connectivity index (χ4v) is 3.62. The molecule has 1 aliphatic heterocycles. The number of carbonyl (C=O) groups excluding carboxylic acids is 3. The van der Waals surface area contributed by atoms with Crippen LogP contribution < -0.4 is 10.6 Å². The molecule has 0 spiro atoms. The van der Waals surface area contributed by atoms with Crippen molar-refractivity contribution in [3.63, 3.8) is 0 Å². The molecule has 1 aromatic rings. The van der Waals surface area contributed by atoms with E-state index in [2.05, 4.69) is 17.6 Å². The Morgan fingerprint density at radius 3 is 2.41 bits per heavy atom. The van der Waals surface area contributed by atoms with Gasteiger partial charge < -0.3 is 15.5 Å². The van der Waals surface area contributed by atoms with Crippen molar-refractivity contribution < 1.29 is 14.4 Å². The minimum absolute atomic E-state index is 0.0253. The summed E-state index contributed by atoms with van der Waals surface area (Å²) in [6.07, 6.45) is 8.42. The van der Waals surface area contributed by atoms with Crippen LogP contribution in [0.5, 0.6) is 0 Å². The molecule has 2 N–H and O–H groups in total. The molecule has 0 radical (unpaired) electrons. The minimum Gasteiger partial charge on any atom is -0.353 e. The highest BCUT2D eigenvalue weighted by Crippen LogP contribution is 2.16. The van der Waals surface area contributed by atoms with E-state index in [0.717, 1.165) is 24.8 Å². The number of nitrogens with one attached hydrogen (secondary N) is 2. The zero-order valence-corrected chi connectivity index (χ0v) is 17.8. The van der Waals surface area contributed by atoms with Crippen LogP contribution in [0.25, 0.3) is 0 Å². The quantitative estimate of drug-likeness (QED) is 0.554. The van der Waals surface area contributed by atoms with Gasteiger partial charge in [-0.2, -0.15) is 0 Å². The molecule has 6 heteroatoms. The van der Waals surface area contributed by atoms with Gasteiger partial charge in [-0.3, -0.25) is 14.4 Å². The van der Waals surface area contributed by atoms with E-state index in [-0.39, 0.29) is 24.1 Å². The van der Waals surface area contributed by atoms with Gasteiger partial charge >= 0.3 is 0 Å². The highest BCUT2D eigenvalue weighted by molar-refractivity contribution is 5.97. The fourth-order valence-electron chi connectivity index (χ4n) is 3.62. The molecule has 1 fully saturated rings. The van der Waals surface area contributed by atoms with Gasteiger partial charge in [0, 0.05) is 25.2 Å². The van der Waals surface area contributed by atoms with E-state index >= 15 is 0 Å². The third kappa shape index (κ3) is 7.87. The standard InChI is InChI=1S/C23H35N3O3/c1-3-4-5-6-7-8-9-10-22(28)26-16-15-24-23(29)20(26)17-21(27)25-19-13-11-18(2)12-14-19/h11-14,20H,3-10,15-17H2,1-2H3,(H,24,29)(H,25,27)/t20-/m0/s1. The summed E-state index contributed by atoms with van der Waals surface area (Å²) in [4.78, 5) is 39.0. The molecule has 1 atom stereocenters. The maximum Gasteiger partial charge on any atom is 0.243 e. The Balaban J connectivity index is 1.82. The molecular formula is C23H35N3O3. The van der Waals surface area contributed by atoms with E-state index in [1.54, 1.807) is 4.90 Å². The molecule has 0 aliphatic carbocycles. The first-order chi connectivity index (χ1) is 14.0. The van der Waals surface area contributed by atoms with E-state index in [0.29, 0.717) is 25.2 Å². The van der Waals surface area contributed by atoms with E-state index < -0.39 is 6.04 Å². The molecular weight excluding hydrogens is 366 g/mol. The molecule has 6 nitrogen and oxygen atoms in total. The lowest BCUT2D eigenvalue weighted by molar-refractivity contribution is -0.144. The van der Waals surface area contributed by atoms with E-state index in [4.69, 9.17) is 0 Å². The highest BCUT2D eigenvalue weighted by Gasteiger charge is 2.34. The predicted octanol–water partition coefficient (Wildman–Crippen LogP) is 3.79. The Hall–Kier alpha value is -2.37. The summed E-state index contributed by atoms with van der Waals surface area (Å²) >= 11 is 0. The normalized spacial score (nSPS) is 16.4. The number of aryl methyl sites for hydroxylation is 1. The maximum atomic E-state index is 12.7. The van der Waals surface area contributed by atoms with Crippen molar-refractivity contribution in [1.82, 2.24) is 10.2 Å². The largest absolute Gasteiger partial charge is 0.353 e. The first-order valence-electron chi connectivity index (χ1n) is 10.9. The highest BCUT2D eigenvalue weighted by atomic mass is 16.2. The number of hydrogen-bond acceptors (Lipinski definition) is 3. The maximum absolute atomic E-state index is 12.7. The summed E-state index contributed by atoms with van der Waals surface area (Å²) in [6, 6.07) is 6.77. The van der Waals surface area contributed by atoms with Crippen molar-refractivity contribution in [1.29, 1.82) is 0 Å². The number of nitrogens with zero attached hydrogens (tertiary/aromatic N) is 1. The van der Waals surface area contributed by atoms with Crippen LogP contribution in [0.15, 0.2) is 24.3 Å². The number of hydrogen-bond donors (Lipinski definition) is 2. The van der Waals surface area contributed by atoms with Crippen LogP contribution in [0.1, 0.15) is 70.3 Å². The zero-order chi connectivity index (χ0) is 21.1. The molecule has 0 unspecified atom stereocenters. The van der Waals surface area contributed by atoms with Crippen LogP contribution in [0.4, 0.5) is 5.69 Å². The van der Waals surface area contributed by atoms with Crippen LogP contribution in [0.3, 0.4) is 0 Å². The lowest BCUT2D eigenvalue weighted by atomic mass is 10.0. The summed E-state index contributed by atoms with van der Waals surface area (Å²) in [5.74, 6) is -0.533.